The van der Waals surface area contributed by atoms with E-state index in [9.17, 15) is 0 Å². The van der Waals surface area contributed by atoms with Crippen molar-refractivity contribution in [1.29, 1.82) is 0 Å². The molecule has 0 saturated heterocycles. The second-order valence-electron chi connectivity index (χ2n) is 4.92. The molecule has 0 radical (unpaired) electrons. The van der Waals surface area contributed by atoms with Gasteiger partial charge in [0.1, 0.15) is 0 Å². The van der Waals surface area contributed by atoms with Gasteiger partial charge in [0.05, 0.1) is 0 Å². The summed E-state index contributed by atoms with van der Waals surface area (Å²) in [5.41, 5.74) is 2.89. The second kappa shape index (κ2) is 7.50. The summed E-state index contributed by atoms with van der Waals surface area (Å²) in [5.74, 6) is 0.701. The summed E-state index contributed by atoms with van der Waals surface area (Å²) in [7, 11) is 0. The van der Waals surface area contributed by atoms with Crippen LogP contribution in [-0.2, 0) is 12.8 Å². The highest BCUT2D eigenvalue weighted by Gasteiger charge is 2.14. The molecule has 1 nitrogen and oxygen atoms in total. The zero-order chi connectivity index (χ0) is 12.7. The van der Waals surface area contributed by atoms with Gasteiger partial charge in [-0.3, -0.25) is 0 Å². The van der Waals surface area contributed by atoms with Gasteiger partial charge in [0, 0.05) is 6.04 Å². The van der Waals surface area contributed by atoms with Crippen LogP contribution in [0.3, 0.4) is 0 Å². The van der Waals surface area contributed by atoms with Gasteiger partial charge in [-0.1, -0.05) is 52.0 Å². The van der Waals surface area contributed by atoms with Crippen molar-refractivity contribution in [1.82, 2.24) is 5.32 Å². The first-order chi connectivity index (χ1) is 8.21. The largest absolute Gasteiger partial charge is 0.314 e. The normalized spacial score (nSPS) is 14.6. The van der Waals surface area contributed by atoms with E-state index in [0.717, 1.165) is 13.0 Å². The van der Waals surface area contributed by atoms with E-state index in [-0.39, 0.29) is 0 Å². The molecule has 0 aromatic heterocycles. The van der Waals surface area contributed by atoms with E-state index in [2.05, 4.69) is 57.3 Å². The molecule has 0 saturated carbocycles. The van der Waals surface area contributed by atoms with Crippen molar-refractivity contribution < 1.29 is 0 Å². The van der Waals surface area contributed by atoms with Gasteiger partial charge in [0.2, 0.25) is 0 Å². The first kappa shape index (κ1) is 14.2. The lowest BCUT2D eigenvalue weighted by Crippen LogP contribution is -2.35. The van der Waals surface area contributed by atoms with Crippen LogP contribution in [-0.4, -0.2) is 12.6 Å². The van der Waals surface area contributed by atoms with E-state index in [4.69, 9.17) is 0 Å². The minimum absolute atomic E-state index is 0.644. The molecule has 1 aromatic rings. The quantitative estimate of drug-likeness (QED) is 0.755. The average molecular weight is 233 g/mol. The zero-order valence-electron chi connectivity index (χ0n) is 11.8. The molecular weight excluding hydrogens is 206 g/mol. The summed E-state index contributed by atoms with van der Waals surface area (Å²) in [4.78, 5) is 0. The molecule has 0 heterocycles. The van der Waals surface area contributed by atoms with Crippen LogP contribution in [0.15, 0.2) is 24.3 Å². The summed E-state index contributed by atoms with van der Waals surface area (Å²) in [5, 5.41) is 3.57. The van der Waals surface area contributed by atoms with Gasteiger partial charge in [0.25, 0.3) is 0 Å². The molecule has 1 aromatic carbocycles. The van der Waals surface area contributed by atoms with Gasteiger partial charge < -0.3 is 5.32 Å². The first-order valence-electron chi connectivity index (χ1n) is 7.02. The third-order valence-electron chi connectivity index (χ3n) is 3.58. The van der Waals surface area contributed by atoms with E-state index in [0.29, 0.717) is 12.0 Å². The molecule has 0 fully saturated rings. The minimum atomic E-state index is 0.644. The lowest BCUT2D eigenvalue weighted by Gasteiger charge is -2.23. The van der Waals surface area contributed by atoms with E-state index in [1.54, 1.807) is 0 Å². The maximum atomic E-state index is 3.57. The van der Waals surface area contributed by atoms with Crippen LogP contribution in [0.25, 0.3) is 0 Å². The molecule has 2 unspecified atom stereocenters. The average Bonchev–Trinajstić information content (AvgIpc) is 2.36. The van der Waals surface area contributed by atoms with Crippen LogP contribution in [0.2, 0.25) is 0 Å². The number of hydrogen-bond acceptors (Lipinski definition) is 1. The highest BCUT2D eigenvalue weighted by atomic mass is 14.9. The van der Waals surface area contributed by atoms with Crippen molar-refractivity contribution in [2.24, 2.45) is 5.92 Å². The Hall–Kier alpha value is -0.820. The first-order valence-corrected chi connectivity index (χ1v) is 7.02. The van der Waals surface area contributed by atoms with Crippen LogP contribution in [0.5, 0.6) is 0 Å². The van der Waals surface area contributed by atoms with Gasteiger partial charge in [-0.15, -0.1) is 0 Å². The molecular formula is C16H27N. The fraction of sp³-hybridized carbons (Fsp3) is 0.625. The zero-order valence-corrected chi connectivity index (χ0v) is 11.8. The molecule has 1 rings (SSSR count). The summed E-state index contributed by atoms with van der Waals surface area (Å²) in [6, 6.07) is 9.74. The number of nitrogens with one attached hydrogen (secondary N) is 1. The molecule has 96 valence electrons. The van der Waals surface area contributed by atoms with Crippen molar-refractivity contribution in [3.8, 4) is 0 Å². The summed E-state index contributed by atoms with van der Waals surface area (Å²) in [6.07, 6.45) is 3.52. The molecule has 2 atom stereocenters. The lowest BCUT2D eigenvalue weighted by molar-refractivity contribution is 0.371. The van der Waals surface area contributed by atoms with Gasteiger partial charge in [-0.05, 0) is 42.9 Å². The summed E-state index contributed by atoms with van der Waals surface area (Å²) in [6.45, 7) is 10.1. The van der Waals surface area contributed by atoms with Gasteiger partial charge in [0.15, 0.2) is 0 Å². The predicted octanol–water partition coefficient (Wildman–Crippen LogP) is 3.82. The molecule has 0 aliphatic carbocycles. The second-order valence-corrected chi connectivity index (χ2v) is 4.92. The Bertz CT molecular complexity index is 302. The molecule has 0 spiro atoms. The van der Waals surface area contributed by atoms with Crippen molar-refractivity contribution in [2.45, 2.75) is 53.0 Å². The van der Waals surface area contributed by atoms with E-state index in [1.807, 2.05) is 0 Å². The third-order valence-corrected chi connectivity index (χ3v) is 3.58. The molecule has 1 heteroatoms. The van der Waals surface area contributed by atoms with E-state index >= 15 is 0 Å². The Morgan fingerprint density at radius 2 is 1.59 bits per heavy atom. The highest BCUT2D eigenvalue weighted by Crippen LogP contribution is 2.15. The Morgan fingerprint density at radius 1 is 1.00 bits per heavy atom. The molecule has 0 aliphatic rings. The van der Waals surface area contributed by atoms with Crippen molar-refractivity contribution in [3.05, 3.63) is 35.4 Å². The van der Waals surface area contributed by atoms with E-state index < -0.39 is 0 Å². The molecule has 0 aliphatic heterocycles. The highest BCUT2D eigenvalue weighted by molar-refractivity contribution is 5.22. The fourth-order valence-electron chi connectivity index (χ4n) is 2.44. The van der Waals surface area contributed by atoms with Crippen LogP contribution in [0.1, 0.15) is 45.2 Å². The maximum absolute atomic E-state index is 3.57. The molecule has 0 amide bonds. The maximum Gasteiger partial charge on any atom is 0.00931 e. The summed E-state index contributed by atoms with van der Waals surface area (Å²) >= 11 is 0. The molecule has 1 N–H and O–H groups in total. The van der Waals surface area contributed by atoms with Crippen molar-refractivity contribution >= 4 is 0 Å². The number of aryl methyl sites for hydroxylation is 1. The topological polar surface area (TPSA) is 12.0 Å². The number of hydrogen-bond donors (Lipinski definition) is 1. The van der Waals surface area contributed by atoms with Crippen LogP contribution < -0.4 is 5.32 Å². The Balaban J connectivity index is 2.56. The number of rotatable bonds is 7. The number of benzene rings is 1. The van der Waals surface area contributed by atoms with Crippen molar-refractivity contribution in [3.63, 3.8) is 0 Å². The monoisotopic (exact) mass is 233 g/mol. The van der Waals surface area contributed by atoms with Gasteiger partial charge >= 0.3 is 0 Å². The third kappa shape index (κ3) is 4.51. The van der Waals surface area contributed by atoms with Crippen LogP contribution >= 0.6 is 0 Å². The Morgan fingerprint density at radius 3 is 2.06 bits per heavy atom. The summed E-state index contributed by atoms with van der Waals surface area (Å²) < 4.78 is 0. The lowest BCUT2D eigenvalue weighted by atomic mass is 9.92. The molecule has 0 bridgehead atoms. The van der Waals surface area contributed by atoms with Crippen LogP contribution in [0.4, 0.5) is 0 Å². The predicted molar refractivity (Wildman–Crippen MR) is 76.4 cm³/mol. The Kier molecular flexibility index (Phi) is 6.28. The fourth-order valence-corrected chi connectivity index (χ4v) is 2.44. The van der Waals surface area contributed by atoms with Crippen LogP contribution in [0, 0.1) is 5.92 Å². The van der Waals surface area contributed by atoms with Gasteiger partial charge in [-0.2, -0.15) is 0 Å². The van der Waals surface area contributed by atoms with Gasteiger partial charge in [-0.25, -0.2) is 0 Å². The van der Waals surface area contributed by atoms with Crippen molar-refractivity contribution in [2.75, 3.05) is 6.54 Å². The SMILES string of the molecule is CCNC(CC)C(C)Cc1ccc(CC)cc1. The smallest absolute Gasteiger partial charge is 0.00931 e. The van der Waals surface area contributed by atoms with E-state index in [1.165, 1.54) is 24.0 Å². The standard InChI is InChI=1S/C16H27N/c1-5-14-8-10-15(11-9-14)12-13(4)16(6-2)17-7-3/h8-11,13,16-17H,5-7,12H2,1-4H3. The minimum Gasteiger partial charge on any atom is -0.314 e. The molecule has 17 heavy (non-hydrogen) atoms. The Labute approximate surface area is 107 Å².